The first-order valence-electron chi connectivity index (χ1n) is 11.2. The summed E-state index contributed by atoms with van der Waals surface area (Å²) in [5.74, 6) is 1.31. The molecule has 2 aliphatic heterocycles. The molecule has 1 aromatic carbocycles. The number of carbonyl (C=O) groups excluding carboxylic acids is 1. The number of methoxy groups -OCH3 is 2. The van der Waals surface area contributed by atoms with Crippen LogP contribution in [-0.4, -0.2) is 92.2 Å². The summed E-state index contributed by atoms with van der Waals surface area (Å²) in [6.07, 6.45) is 2.51. The average Bonchev–Trinajstić information content (AvgIpc) is 2.78. The van der Waals surface area contributed by atoms with E-state index in [0.717, 1.165) is 26.2 Å². The largest absolute Gasteiger partial charge is 0.497 e. The third kappa shape index (κ3) is 5.45. The van der Waals surface area contributed by atoms with Crippen molar-refractivity contribution in [2.24, 2.45) is 0 Å². The van der Waals surface area contributed by atoms with Gasteiger partial charge in [-0.25, -0.2) is 0 Å². The van der Waals surface area contributed by atoms with Crippen LogP contribution in [0.25, 0.3) is 0 Å². The lowest BCUT2D eigenvalue weighted by Gasteiger charge is -2.44. The molecular weight excluding hydrogens is 380 g/mol. The van der Waals surface area contributed by atoms with Crippen LogP contribution in [0.5, 0.6) is 11.5 Å². The van der Waals surface area contributed by atoms with E-state index < -0.39 is 0 Å². The van der Waals surface area contributed by atoms with Crippen molar-refractivity contribution in [3.05, 3.63) is 18.2 Å². The molecule has 0 bridgehead atoms. The van der Waals surface area contributed by atoms with E-state index in [2.05, 4.69) is 33.9 Å². The van der Waals surface area contributed by atoms with Gasteiger partial charge in [-0.05, 0) is 58.8 Å². The van der Waals surface area contributed by atoms with Crippen LogP contribution in [0.15, 0.2) is 18.2 Å². The Morgan fingerprint density at radius 1 is 0.967 bits per heavy atom. The van der Waals surface area contributed by atoms with E-state index in [1.807, 2.05) is 19.1 Å². The van der Waals surface area contributed by atoms with Crippen molar-refractivity contribution in [3.8, 4) is 11.5 Å². The Labute approximate surface area is 181 Å². The van der Waals surface area contributed by atoms with E-state index in [1.165, 1.54) is 25.9 Å². The van der Waals surface area contributed by atoms with Gasteiger partial charge in [0.05, 0.1) is 25.9 Å². The quantitative estimate of drug-likeness (QED) is 0.734. The highest BCUT2D eigenvalue weighted by Crippen LogP contribution is 2.29. The van der Waals surface area contributed by atoms with Crippen molar-refractivity contribution < 1.29 is 14.3 Å². The zero-order valence-corrected chi connectivity index (χ0v) is 19.2. The number of hydrogen-bond donors (Lipinski definition) is 1. The third-order valence-corrected chi connectivity index (χ3v) is 6.69. The van der Waals surface area contributed by atoms with Crippen molar-refractivity contribution in [1.82, 2.24) is 14.7 Å². The van der Waals surface area contributed by atoms with Gasteiger partial charge < -0.3 is 19.7 Å². The molecule has 1 N–H and O–H groups in total. The standard InChI is InChI=1S/C23H38N4O3/c1-17(2)25-10-8-19(9-11-25)27-14-12-26(13-15-27)18(3)23(28)24-21-16-20(29-4)6-7-22(21)30-5/h6-7,16-19H,8-15H2,1-5H3,(H,24,28)/t18-/m0/s1. The SMILES string of the molecule is COc1ccc(OC)c(NC(=O)[C@H](C)N2CCN(C3CCN(C(C)C)CC3)CC2)c1. The van der Waals surface area contributed by atoms with E-state index in [9.17, 15) is 4.79 Å². The van der Waals surface area contributed by atoms with Crippen molar-refractivity contribution in [1.29, 1.82) is 0 Å². The van der Waals surface area contributed by atoms with Crippen LogP contribution in [0.4, 0.5) is 5.69 Å². The molecule has 30 heavy (non-hydrogen) atoms. The molecule has 2 fully saturated rings. The molecule has 1 amide bonds. The van der Waals surface area contributed by atoms with Gasteiger partial charge >= 0.3 is 0 Å². The molecule has 1 aromatic rings. The molecule has 0 radical (unpaired) electrons. The summed E-state index contributed by atoms with van der Waals surface area (Å²) in [5.41, 5.74) is 0.643. The molecule has 2 aliphatic rings. The zero-order chi connectivity index (χ0) is 21.7. The van der Waals surface area contributed by atoms with Crippen LogP contribution in [0.2, 0.25) is 0 Å². The van der Waals surface area contributed by atoms with Crippen LogP contribution in [0, 0.1) is 0 Å². The summed E-state index contributed by atoms with van der Waals surface area (Å²) in [6, 6.07) is 6.57. The number of carbonyl (C=O) groups is 1. The van der Waals surface area contributed by atoms with Crippen molar-refractivity contribution in [2.75, 3.05) is 58.8 Å². The molecular formula is C23H38N4O3. The van der Waals surface area contributed by atoms with Crippen molar-refractivity contribution >= 4 is 11.6 Å². The first-order chi connectivity index (χ1) is 14.4. The second-order valence-electron chi connectivity index (χ2n) is 8.66. The molecule has 2 saturated heterocycles. The topological polar surface area (TPSA) is 57.3 Å². The molecule has 3 rings (SSSR count). The molecule has 0 aromatic heterocycles. The number of anilines is 1. The van der Waals surface area contributed by atoms with E-state index in [-0.39, 0.29) is 11.9 Å². The molecule has 0 spiro atoms. The van der Waals surface area contributed by atoms with Crippen LogP contribution in [-0.2, 0) is 4.79 Å². The van der Waals surface area contributed by atoms with Crippen LogP contribution < -0.4 is 14.8 Å². The molecule has 0 saturated carbocycles. The third-order valence-electron chi connectivity index (χ3n) is 6.69. The zero-order valence-electron chi connectivity index (χ0n) is 19.2. The number of amides is 1. The Bertz CT molecular complexity index is 696. The maximum absolute atomic E-state index is 12.9. The molecule has 0 aliphatic carbocycles. The number of benzene rings is 1. The number of nitrogens with one attached hydrogen (secondary N) is 1. The summed E-state index contributed by atoms with van der Waals surface area (Å²) >= 11 is 0. The van der Waals surface area contributed by atoms with Gasteiger partial charge in [0.15, 0.2) is 0 Å². The van der Waals surface area contributed by atoms with Gasteiger partial charge in [-0.3, -0.25) is 14.6 Å². The lowest BCUT2D eigenvalue weighted by Crippen LogP contribution is -2.56. The van der Waals surface area contributed by atoms with Crippen LogP contribution in [0.1, 0.15) is 33.6 Å². The second-order valence-corrected chi connectivity index (χ2v) is 8.66. The van der Waals surface area contributed by atoms with E-state index >= 15 is 0 Å². The van der Waals surface area contributed by atoms with Gasteiger partial charge in [-0.1, -0.05) is 0 Å². The summed E-state index contributed by atoms with van der Waals surface area (Å²) in [7, 11) is 3.22. The van der Waals surface area contributed by atoms with Gasteiger partial charge in [0.25, 0.3) is 0 Å². The smallest absolute Gasteiger partial charge is 0.241 e. The average molecular weight is 419 g/mol. The predicted molar refractivity (Wildman–Crippen MR) is 121 cm³/mol. The van der Waals surface area contributed by atoms with E-state index in [4.69, 9.17) is 9.47 Å². The molecule has 0 unspecified atom stereocenters. The minimum atomic E-state index is -0.189. The fourth-order valence-electron chi connectivity index (χ4n) is 4.57. The molecule has 168 valence electrons. The van der Waals surface area contributed by atoms with Gasteiger partial charge in [-0.15, -0.1) is 0 Å². The van der Waals surface area contributed by atoms with Crippen LogP contribution >= 0.6 is 0 Å². The fourth-order valence-corrected chi connectivity index (χ4v) is 4.57. The van der Waals surface area contributed by atoms with Crippen molar-refractivity contribution in [2.45, 2.75) is 51.7 Å². The second kappa shape index (κ2) is 10.5. The van der Waals surface area contributed by atoms with Gasteiger partial charge in [0.2, 0.25) is 5.91 Å². The van der Waals surface area contributed by atoms with Crippen molar-refractivity contribution in [3.63, 3.8) is 0 Å². The molecule has 2 heterocycles. The summed E-state index contributed by atoms with van der Waals surface area (Å²) in [5, 5.41) is 3.02. The first kappa shape index (κ1) is 22.8. The molecule has 7 heteroatoms. The first-order valence-corrected chi connectivity index (χ1v) is 11.2. The lowest BCUT2D eigenvalue weighted by molar-refractivity contribution is -0.121. The maximum Gasteiger partial charge on any atom is 0.241 e. The monoisotopic (exact) mass is 418 g/mol. The lowest BCUT2D eigenvalue weighted by atomic mass is 10.0. The number of piperidine rings is 1. The summed E-state index contributed by atoms with van der Waals surface area (Å²) in [6.45, 7) is 12.9. The van der Waals surface area contributed by atoms with Gasteiger partial charge in [-0.2, -0.15) is 0 Å². The molecule has 1 atom stereocenters. The predicted octanol–water partition coefficient (Wildman–Crippen LogP) is 2.52. The highest BCUT2D eigenvalue weighted by molar-refractivity contribution is 5.96. The van der Waals surface area contributed by atoms with Crippen LogP contribution in [0.3, 0.4) is 0 Å². The highest BCUT2D eigenvalue weighted by atomic mass is 16.5. The Hall–Kier alpha value is -1.83. The highest BCUT2D eigenvalue weighted by Gasteiger charge is 2.31. The minimum absolute atomic E-state index is 0.0137. The minimum Gasteiger partial charge on any atom is -0.497 e. The summed E-state index contributed by atoms with van der Waals surface area (Å²) in [4.78, 5) is 20.4. The van der Waals surface area contributed by atoms with E-state index in [1.54, 1.807) is 20.3 Å². The Kier molecular flexibility index (Phi) is 7.97. The number of ether oxygens (including phenoxy) is 2. The number of likely N-dealkylation sites (tertiary alicyclic amines) is 1. The Morgan fingerprint density at radius 2 is 1.63 bits per heavy atom. The number of hydrogen-bond acceptors (Lipinski definition) is 6. The Morgan fingerprint density at radius 3 is 2.20 bits per heavy atom. The Balaban J connectivity index is 1.50. The van der Waals surface area contributed by atoms with E-state index in [0.29, 0.717) is 29.3 Å². The number of rotatable bonds is 7. The normalized spacial score (nSPS) is 20.9. The molecule has 7 nitrogen and oxygen atoms in total. The fraction of sp³-hybridized carbons (Fsp3) is 0.696. The maximum atomic E-state index is 12.9. The number of nitrogens with zero attached hydrogens (tertiary/aromatic N) is 3. The summed E-state index contributed by atoms with van der Waals surface area (Å²) < 4.78 is 10.7. The van der Waals surface area contributed by atoms with Gasteiger partial charge in [0, 0.05) is 44.3 Å². The number of piperazine rings is 1. The van der Waals surface area contributed by atoms with Gasteiger partial charge in [0.1, 0.15) is 11.5 Å².